The maximum Gasteiger partial charge on any atom is 0.251 e. The van der Waals surface area contributed by atoms with Crippen LogP contribution in [0.15, 0.2) is 41.1 Å². The van der Waals surface area contributed by atoms with E-state index in [9.17, 15) is 4.79 Å². The predicted octanol–water partition coefficient (Wildman–Crippen LogP) is 5.87. The molecule has 156 valence electrons. The third kappa shape index (κ3) is 13.3. The lowest BCUT2D eigenvalue weighted by Gasteiger charge is -2.05. The first kappa shape index (κ1) is 27.7. The molecule has 0 aromatic carbocycles. The number of thiol groups is 1. The SMILES string of the molecule is C/C(O)=C/C(N)=NC(=O)C1C[C@H]1C1CCCC1.C/C=C\C=C/C.CC.CS. The number of nitrogens with zero attached hydrogens (tertiary/aromatic N) is 1. The monoisotopic (exact) mass is 396 g/mol. The summed E-state index contributed by atoms with van der Waals surface area (Å²) in [5.41, 5.74) is 5.53. The number of amidine groups is 1. The molecule has 4 nitrogen and oxygen atoms in total. The number of aliphatic imine (C=N–C) groups is 1. The van der Waals surface area contributed by atoms with E-state index in [4.69, 9.17) is 10.8 Å². The number of amides is 1. The van der Waals surface area contributed by atoms with Gasteiger partial charge >= 0.3 is 0 Å². The Labute approximate surface area is 172 Å². The quantitative estimate of drug-likeness (QED) is 0.183. The molecule has 1 amide bonds. The van der Waals surface area contributed by atoms with Gasteiger partial charge in [0, 0.05) is 12.0 Å². The molecule has 0 spiro atoms. The minimum atomic E-state index is -0.114. The number of rotatable bonds is 4. The summed E-state index contributed by atoms with van der Waals surface area (Å²) in [6.07, 6.45) is 17.1. The molecule has 0 radical (unpaired) electrons. The molecule has 3 N–H and O–H groups in total. The van der Waals surface area contributed by atoms with Gasteiger partial charge in [0.05, 0.1) is 5.76 Å². The molecular weight excluding hydrogens is 356 g/mol. The van der Waals surface area contributed by atoms with Gasteiger partial charge in [0.25, 0.3) is 5.91 Å². The number of nitrogens with two attached hydrogens (primary N) is 1. The Bertz CT molecular complexity index is 490. The maximum absolute atomic E-state index is 11.8. The molecule has 27 heavy (non-hydrogen) atoms. The molecule has 0 aromatic heterocycles. The van der Waals surface area contributed by atoms with E-state index < -0.39 is 0 Å². The van der Waals surface area contributed by atoms with Crippen molar-refractivity contribution in [3.8, 4) is 0 Å². The average molecular weight is 397 g/mol. The van der Waals surface area contributed by atoms with E-state index in [1.54, 1.807) is 6.26 Å². The van der Waals surface area contributed by atoms with Gasteiger partial charge in [-0.3, -0.25) is 4.79 Å². The van der Waals surface area contributed by atoms with Gasteiger partial charge in [-0.25, -0.2) is 0 Å². The number of hydrogen-bond acceptors (Lipinski definition) is 3. The van der Waals surface area contributed by atoms with Crippen molar-refractivity contribution in [2.24, 2.45) is 28.5 Å². The van der Waals surface area contributed by atoms with Crippen LogP contribution in [0.25, 0.3) is 0 Å². The number of carbonyl (C=O) groups is 1. The summed E-state index contributed by atoms with van der Waals surface area (Å²) in [5, 5.41) is 9.00. The predicted molar refractivity (Wildman–Crippen MR) is 122 cm³/mol. The Morgan fingerprint density at radius 1 is 1.11 bits per heavy atom. The number of aliphatic hydroxyl groups is 1. The number of carbonyl (C=O) groups excluding carboxylic acids is 1. The van der Waals surface area contributed by atoms with Crippen molar-refractivity contribution in [1.29, 1.82) is 0 Å². The molecular formula is C22H40N2O2S. The first-order valence-corrected chi connectivity index (χ1v) is 10.8. The summed E-state index contributed by atoms with van der Waals surface area (Å²) in [4.78, 5) is 15.6. The second kappa shape index (κ2) is 17.9. The number of aliphatic hydroxyl groups excluding tert-OH is 1. The first-order valence-electron chi connectivity index (χ1n) is 9.93. The van der Waals surface area contributed by atoms with Crippen LogP contribution < -0.4 is 5.73 Å². The molecule has 0 heterocycles. The lowest BCUT2D eigenvalue weighted by molar-refractivity contribution is -0.119. The first-order chi connectivity index (χ1) is 13.0. The number of hydrogen-bond donors (Lipinski definition) is 3. The minimum Gasteiger partial charge on any atom is -0.512 e. The van der Waals surface area contributed by atoms with E-state index in [1.807, 2.05) is 52.0 Å². The molecule has 2 saturated carbocycles. The van der Waals surface area contributed by atoms with Crippen LogP contribution >= 0.6 is 12.6 Å². The van der Waals surface area contributed by atoms with Crippen LogP contribution in [0.4, 0.5) is 0 Å². The van der Waals surface area contributed by atoms with Crippen LogP contribution in [0.5, 0.6) is 0 Å². The highest BCUT2D eigenvalue weighted by Crippen LogP contribution is 2.50. The van der Waals surface area contributed by atoms with E-state index in [2.05, 4.69) is 17.6 Å². The van der Waals surface area contributed by atoms with Gasteiger partial charge in [0.1, 0.15) is 5.84 Å². The molecule has 1 unspecified atom stereocenters. The Morgan fingerprint density at radius 3 is 2.00 bits per heavy atom. The lowest BCUT2D eigenvalue weighted by Crippen LogP contribution is -2.14. The third-order valence-corrected chi connectivity index (χ3v) is 4.25. The lowest BCUT2D eigenvalue weighted by atomic mass is 10.0. The highest BCUT2D eigenvalue weighted by Gasteiger charge is 2.47. The van der Waals surface area contributed by atoms with Crippen LogP contribution in [0, 0.1) is 17.8 Å². The molecule has 0 aromatic rings. The summed E-state index contributed by atoms with van der Waals surface area (Å²) < 4.78 is 0. The fourth-order valence-electron chi connectivity index (χ4n) is 3.08. The van der Waals surface area contributed by atoms with Gasteiger partial charge in [-0.15, -0.1) is 0 Å². The van der Waals surface area contributed by atoms with Crippen LogP contribution in [0.2, 0.25) is 0 Å². The summed E-state index contributed by atoms with van der Waals surface area (Å²) in [6.45, 7) is 9.51. The Balaban J connectivity index is 0. The van der Waals surface area contributed by atoms with Crippen molar-refractivity contribution in [3.05, 3.63) is 36.1 Å². The van der Waals surface area contributed by atoms with E-state index in [-0.39, 0.29) is 23.4 Å². The van der Waals surface area contributed by atoms with Crippen LogP contribution in [-0.4, -0.2) is 23.1 Å². The van der Waals surface area contributed by atoms with E-state index in [1.165, 1.54) is 38.7 Å². The Morgan fingerprint density at radius 2 is 1.59 bits per heavy atom. The van der Waals surface area contributed by atoms with Gasteiger partial charge in [0.15, 0.2) is 0 Å². The van der Waals surface area contributed by atoms with E-state index in [0.717, 1.165) is 12.3 Å². The number of allylic oxidation sites excluding steroid dienone is 5. The fraction of sp³-hybridized carbons (Fsp3) is 0.636. The average Bonchev–Trinajstić information content (AvgIpc) is 3.28. The fourth-order valence-corrected chi connectivity index (χ4v) is 3.08. The third-order valence-electron chi connectivity index (χ3n) is 4.25. The normalized spacial score (nSPS) is 22.3. The smallest absolute Gasteiger partial charge is 0.251 e. The zero-order valence-corrected chi connectivity index (χ0v) is 18.9. The van der Waals surface area contributed by atoms with Crippen molar-refractivity contribution in [3.63, 3.8) is 0 Å². The second-order valence-electron chi connectivity index (χ2n) is 6.26. The van der Waals surface area contributed by atoms with Crippen LogP contribution in [0.1, 0.15) is 66.7 Å². The zero-order valence-electron chi connectivity index (χ0n) is 18.0. The Kier molecular flexibility index (Phi) is 18.4. The van der Waals surface area contributed by atoms with Gasteiger partial charge < -0.3 is 10.8 Å². The van der Waals surface area contributed by atoms with Gasteiger partial charge in [-0.2, -0.15) is 17.6 Å². The van der Waals surface area contributed by atoms with E-state index in [0.29, 0.717) is 5.92 Å². The summed E-state index contributed by atoms with van der Waals surface area (Å²) in [6, 6.07) is 0. The van der Waals surface area contributed by atoms with Crippen molar-refractivity contribution in [1.82, 2.24) is 0 Å². The molecule has 5 heteroatoms. The molecule has 2 aliphatic rings. The minimum absolute atomic E-state index is 0.0715. The standard InChI is InChI=1S/C13H20N2O2.C6H10.C2H6.CH4S/c1-8(16)6-12(14)15-13(17)11-7-10(11)9-4-2-3-5-9;1-3-5-6-4-2;2*1-2/h6,9-11,16H,2-5,7H2,1H3,(H2,14,15,17);3-6H,1-2H3;1-2H3;2H,1H3/b8-6-;5-3-,6-4-;;/t10-,11?;;;/m0.../s1. The maximum atomic E-state index is 11.8. The highest BCUT2D eigenvalue weighted by atomic mass is 32.1. The van der Waals surface area contributed by atoms with Crippen molar-refractivity contribution in [2.45, 2.75) is 66.7 Å². The molecule has 0 aliphatic heterocycles. The molecule has 2 rings (SSSR count). The summed E-state index contributed by atoms with van der Waals surface area (Å²) in [5.74, 6) is 1.42. The molecule has 0 bridgehead atoms. The van der Waals surface area contributed by atoms with Gasteiger partial charge in [-0.1, -0.05) is 63.8 Å². The molecule has 2 aliphatic carbocycles. The highest BCUT2D eigenvalue weighted by molar-refractivity contribution is 7.79. The van der Waals surface area contributed by atoms with Crippen molar-refractivity contribution in [2.75, 3.05) is 6.26 Å². The van der Waals surface area contributed by atoms with Crippen LogP contribution in [-0.2, 0) is 4.79 Å². The zero-order chi connectivity index (χ0) is 21.2. The summed E-state index contributed by atoms with van der Waals surface area (Å²) in [7, 11) is 0. The summed E-state index contributed by atoms with van der Waals surface area (Å²) >= 11 is 3.53. The molecule has 2 atom stereocenters. The largest absolute Gasteiger partial charge is 0.512 e. The topological polar surface area (TPSA) is 75.7 Å². The molecule has 0 saturated heterocycles. The van der Waals surface area contributed by atoms with Crippen molar-refractivity contribution < 1.29 is 9.90 Å². The van der Waals surface area contributed by atoms with Crippen LogP contribution in [0.3, 0.4) is 0 Å². The second-order valence-corrected chi connectivity index (χ2v) is 6.26. The van der Waals surface area contributed by atoms with Crippen molar-refractivity contribution >= 4 is 24.4 Å². The van der Waals surface area contributed by atoms with Gasteiger partial charge in [-0.05, 0) is 45.3 Å². The Hall–Kier alpha value is -1.49. The molecule has 2 fully saturated rings. The van der Waals surface area contributed by atoms with E-state index >= 15 is 0 Å². The van der Waals surface area contributed by atoms with Gasteiger partial charge in [0.2, 0.25) is 0 Å².